The monoisotopic (exact) mass is 439 g/mol. The number of fused-ring (bicyclic) bond motifs is 1. The molecule has 160 valence electrons. The van der Waals surface area contributed by atoms with Crippen molar-refractivity contribution < 1.29 is 13.5 Å². The fraction of sp³-hybridized carbons (Fsp3) is 0.190. The van der Waals surface area contributed by atoms with Crippen molar-refractivity contribution in [3.05, 3.63) is 76.8 Å². The summed E-state index contributed by atoms with van der Waals surface area (Å²) in [6, 6.07) is 14.2. The molecule has 0 spiro atoms. The summed E-state index contributed by atoms with van der Waals surface area (Å²) in [5.41, 5.74) is 0.298. The van der Waals surface area contributed by atoms with Crippen molar-refractivity contribution >= 4 is 26.4 Å². The maximum absolute atomic E-state index is 13.0. The number of anilines is 1. The van der Waals surface area contributed by atoms with Gasteiger partial charge in [-0.2, -0.15) is 10.2 Å². The number of nitrogens with zero attached hydrogens (tertiary/aromatic N) is 4. The summed E-state index contributed by atoms with van der Waals surface area (Å²) in [5.74, 6) is 0.310. The molecule has 0 atom stereocenters. The first-order chi connectivity index (χ1) is 14.9. The molecule has 0 saturated carbocycles. The Kier molecular flexibility index (Phi) is 5.57. The minimum Gasteiger partial charge on any atom is -0.395 e. The lowest BCUT2D eigenvalue weighted by atomic mass is 10.2. The predicted octanol–water partition coefficient (Wildman–Crippen LogP) is 1.42. The van der Waals surface area contributed by atoms with Crippen molar-refractivity contribution in [2.75, 3.05) is 18.5 Å². The molecule has 0 aliphatic rings. The van der Waals surface area contributed by atoms with Crippen LogP contribution in [0.5, 0.6) is 0 Å². The Balaban J connectivity index is 1.86. The molecule has 0 bridgehead atoms. The van der Waals surface area contributed by atoms with Crippen LogP contribution < -0.4 is 10.9 Å². The lowest BCUT2D eigenvalue weighted by molar-refractivity contribution is 0.311. The molecule has 10 heteroatoms. The van der Waals surface area contributed by atoms with Crippen molar-refractivity contribution in [3.63, 3.8) is 0 Å². The molecule has 0 unspecified atom stereocenters. The van der Waals surface area contributed by atoms with Crippen LogP contribution in [-0.2, 0) is 23.4 Å². The van der Waals surface area contributed by atoms with Crippen molar-refractivity contribution in [3.8, 4) is 0 Å². The number of aliphatic hydroxyl groups is 1. The number of aromatic nitrogens is 4. The number of aliphatic hydroxyl groups excluding tert-OH is 1. The van der Waals surface area contributed by atoms with E-state index in [1.165, 1.54) is 35.0 Å². The number of sulfone groups is 1. The van der Waals surface area contributed by atoms with E-state index < -0.39 is 9.84 Å². The Bertz CT molecular complexity index is 1390. The minimum absolute atomic E-state index is 0.0573. The third kappa shape index (κ3) is 4.07. The van der Waals surface area contributed by atoms with Gasteiger partial charge in [-0.1, -0.05) is 18.2 Å². The highest BCUT2D eigenvalue weighted by Crippen LogP contribution is 2.26. The van der Waals surface area contributed by atoms with Gasteiger partial charge in [0.05, 0.1) is 34.0 Å². The number of rotatable bonds is 7. The number of aryl methyl sites for hydroxylation is 1. The third-order valence-electron chi connectivity index (χ3n) is 4.78. The quantitative estimate of drug-likeness (QED) is 0.447. The predicted molar refractivity (Wildman–Crippen MR) is 116 cm³/mol. The van der Waals surface area contributed by atoms with Gasteiger partial charge in [0.1, 0.15) is 0 Å². The Morgan fingerprint density at radius 1 is 1.00 bits per heavy atom. The van der Waals surface area contributed by atoms with Gasteiger partial charge in [-0.3, -0.25) is 9.48 Å². The Morgan fingerprint density at radius 3 is 2.45 bits per heavy atom. The van der Waals surface area contributed by atoms with Crippen molar-refractivity contribution in [2.24, 2.45) is 7.05 Å². The van der Waals surface area contributed by atoms with E-state index in [1.807, 2.05) is 0 Å². The van der Waals surface area contributed by atoms with Gasteiger partial charge < -0.3 is 10.4 Å². The van der Waals surface area contributed by atoms with Crippen LogP contribution in [0.4, 0.5) is 5.82 Å². The van der Waals surface area contributed by atoms with Crippen LogP contribution in [0.2, 0.25) is 0 Å². The molecule has 2 N–H and O–H groups in total. The smallest absolute Gasteiger partial charge is 0.275 e. The Hall–Kier alpha value is -3.50. The highest BCUT2D eigenvalue weighted by Gasteiger charge is 2.20. The second-order valence-corrected chi connectivity index (χ2v) is 8.92. The van der Waals surface area contributed by atoms with Crippen LogP contribution in [0, 0.1) is 0 Å². The zero-order valence-electron chi connectivity index (χ0n) is 16.8. The molecule has 0 amide bonds. The largest absolute Gasteiger partial charge is 0.395 e. The van der Waals surface area contributed by atoms with Crippen molar-refractivity contribution in [1.29, 1.82) is 0 Å². The molecule has 0 saturated heterocycles. The van der Waals surface area contributed by atoms with Gasteiger partial charge in [0.25, 0.3) is 5.56 Å². The molecule has 4 aromatic rings. The normalized spacial score (nSPS) is 11.7. The number of hydrogen-bond donors (Lipinski definition) is 2. The standard InChI is InChI=1S/C21H21N5O4S/c1-25-11-9-15(23-25)14-26-21(28)18-8-7-17(13-19(18)20(24-26)22-10-12-27)31(29,30)16-5-3-2-4-6-16/h2-9,11,13,27H,10,12,14H2,1H3,(H,22,24). The molecule has 2 aromatic heterocycles. The van der Waals surface area contributed by atoms with Gasteiger partial charge in [0.2, 0.25) is 9.84 Å². The van der Waals surface area contributed by atoms with Gasteiger partial charge >= 0.3 is 0 Å². The van der Waals surface area contributed by atoms with Gasteiger partial charge in [-0.25, -0.2) is 13.1 Å². The van der Waals surface area contributed by atoms with Crippen LogP contribution in [-0.4, -0.2) is 46.2 Å². The highest BCUT2D eigenvalue weighted by atomic mass is 32.2. The SMILES string of the molecule is Cn1ccc(Cn2nc(NCCO)c3cc(S(=O)(=O)c4ccccc4)ccc3c2=O)n1. The lowest BCUT2D eigenvalue weighted by Gasteiger charge is -2.13. The average Bonchev–Trinajstić information content (AvgIpc) is 3.19. The van der Waals surface area contributed by atoms with Crippen molar-refractivity contribution in [1.82, 2.24) is 19.6 Å². The summed E-state index contributed by atoms with van der Waals surface area (Å²) >= 11 is 0. The van der Waals surface area contributed by atoms with Crippen LogP contribution in [0.25, 0.3) is 10.8 Å². The molecular formula is C21H21N5O4S. The van der Waals surface area contributed by atoms with E-state index in [0.717, 1.165) is 0 Å². The van der Waals surface area contributed by atoms with Crippen LogP contribution in [0.3, 0.4) is 0 Å². The summed E-state index contributed by atoms with van der Waals surface area (Å²) in [6.07, 6.45) is 1.77. The Morgan fingerprint density at radius 2 is 1.77 bits per heavy atom. The van der Waals surface area contributed by atoms with Gasteiger partial charge in [0, 0.05) is 25.2 Å². The van der Waals surface area contributed by atoms with Gasteiger partial charge in [0.15, 0.2) is 5.82 Å². The summed E-state index contributed by atoms with van der Waals surface area (Å²) in [6.45, 7) is 0.206. The summed E-state index contributed by atoms with van der Waals surface area (Å²) in [4.78, 5) is 13.3. The first-order valence-corrected chi connectivity index (χ1v) is 11.1. The minimum atomic E-state index is -3.76. The zero-order valence-corrected chi connectivity index (χ0v) is 17.6. The number of benzene rings is 2. The van der Waals surface area contributed by atoms with Gasteiger partial charge in [-0.15, -0.1) is 0 Å². The van der Waals surface area contributed by atoms with E-state index in [1.54, 1.807) is 42.2 Å². The number of hydrogen-bond acceptors (Lipinski definition) is 7. The molecule has 9 nitrogen and oxygen atoms in total. The first-order valence-electron chi connectivity index (χ1n) is 9.58. The van der Waals surface area contributed by atoms with Crippen LogP contribution in [0.15, 0.2) is 75.4 Å². The molecule has 0 aliphatic heterocycles. The van der Waals surface area contributed by atoms with Crippen LogP contribution >= 0.6 is 0 Å². The molecular weight excluding hydrogens is 418 g/mol. The van der Waals surface area contributed by atoms with E-state index >= 15 is 0 Å². The van der Waals surface area contributed by atoms with Crippen molar-refractivity contribution in [2.45, 2.75) is 16.3 Å². The van der Waals surface area contributed by atoms with E-state index in [-0.39, 0.29) is 35.0 Å². The fourth-order valence-electron chi connectivity index (χ4n) is 3.28. The van der Waals surface area contributed by atoms with E-state index in [2.05, 4.69) is 15.5 Å². The average molecular weight is 439 g/mol. The topological polar surface area (TPSA) is 119 Å². The number of nitrogens with one attached hydrogen (secondary N) is 1. The van der Waals surface area contributed by atoms with E-state index in [4.69, 9.17) is 0 Å². The van der Waals surface area contributed by atoms with E-state index in [0.29, 0.717) is 22.3 Å². The summed E-state index contributed by atoms with van der Waals surface area (Å²) in [5, 5.41) is 21.5. The highest BCUT2D eigenvalue weighted by molar-refractivity contribution is 7.91. The second-order valence-electron chi connectivity index (χ2n) is 6.97. The zero-order chi connectivity index (χ0) is 22.0. The third-order valence-corrected chi connectivity index (χ3v) is 6.55. The maximum Gasteiger partial charge on any atom is 0.275 e. The molecule has 4 rings (SSSR count). The molecule has 0 aliphatic carbocycles. The molecule has 0 fully saturated rings. The maximum atomic E-state index is 13.0. The lowest BCUT2D eigenvalue weighted by Crippen LogP contribution is -2.26. The second kappa shape index (κ2) is 8.32. The Labute approximate surface area is 178 Å². The molecule has 0 radical (unpaired) electrons. The van der Waals surface area contributed by atoms with Gasteiger partial charge in [-0.05, 0) is 36.4 Å². The fourth-order valence-corrected chi connectivity index (χ4v) is 4.59. The first kappa shape index (κ1) is 20.8. The molecule has 2 aromatic carbocycles. The summed E-state index contributed by atoms with van der Waals surface area (Å²) in [7, 11) is -1.98. The summed E-state index contributed by atoms with van der Waals surface area (Å²) < 4.78 is 29.0. The van der Waals surface area contributed by atoms with Crippen LogP contribution in [0.1, 0.15) is 5.69 Å². The molecule has 2 heterocycles. The van der Waals surface area contributed by atoms with E-state index in [9.17, 15) is 18.3 Å². The molecule has 31 heavy (non-hydrogen) atoms.